The van der Waals surface area contributed by atoms with Crippen molar-refractivity contribution in [2.75, 3.05) is 6.54 Å². The standard InChI is InChI=1S/C25H27Cl2N3O4/c1-4-5-20(15-6-8-16(9-7-15)23(33)28-11-10-21(31)32)30-24(34)22(29-25(30,2)3)17-12-18(26)14-19(27)13-17/h6-9,12-14,20H,4-5,10-11H2,1-3H3,(H,28,33)(H,31,32)/t20-/m1/s1. The molecule has 0 saturated heterocycles. The molecule has 0 unspecified atom stereocenters. The molecule has 0 radical (unpaired) electrons. The fraction of sp³-hybridized carbons (Fsp3) is 0.360. The van der Waals surface area contributed by atoms with E-state index in [4.69, 9.17) is 33.3 Å². The number of aliphatic imine (C=N–C) groups is 1. The van der Waals surface area contributed by atoms with Gasteiger partial charge in [-0.05, 0) is 56.2 Å². The number of benzene rings is 2. The summed E-state index contributed by atoms with van der Waals surface area (Å²) in [7, 11) is 0. The van der Waals surface area contributed by atoms with Crippen molar-refractivity contribution < 1.29 is 19.5 Å². The van der Waals surface area contributed by atoms with Gasteiger partial charge in [0.15, 0.2) is 0 Å². The molecule has 34 heavy (non-hydrogen) atoms. The number of hydrogen-bond donors (Lipinski definition) is 2. The molecule has 0 fully saturated rings. The van der Waals surface area contributed by atoms with Crippen LogP contribution < -0.4 is 5.32 Å². The zero-order valence-corrected chi connectivity index (χ0v) is 20.8. The molecule has 3 rings (SSSR count). The van der Waals surface area contributed by atoms with Crippen molar-refractivity contribution >= 4 is 46.7 Å². The number of nitrogens with zero attached hydrogens (tertiary/aromatic N) is 2. The molecule has 1 aliphatic rings. The average Bonchev–Trinajstić information content (AvgIpc) is 3.00. The van der Waals surface area contributed by atoms with Gasteiger partial charge < -0.3 is 15.3 Å². The Morgan fingerprint density at radius 3 is 2.29 bits per heavy atom. The Morgan fingerprint density at radius 1 is 1.12 bits per heavy atom. The molecule has 180 valence electrons. The fourth-order valence-corrected chi connectivity index (χ4v) is 4.63. The lowest BCUT2D eigenvalue weighted by Crippen LogP contribution is -2.45. The zero-order valence-electron chi connectivity index (χ0n) is 19.3. The second-order valence-corrected chi connectivity index (χ2v) is 9.49. The van der Waals surface area contributed by atoms with E-state index >= 15 is 0 Å². The van der Waals surface area contributed by atoms with Crippen LogP contribution in [0.5, 0.6) is 0 Å². The van der Waals surface area contributed by atoms with Gasteiger partial charge in [-0.1, -0.05) is 48.7 Å². The zero-order chi connectivity index (χ0) is 25.0. The lowest BCUT2D eigenvalue weighted by Gasteiger charge is -2.37. The monoisotopic (exact) mass is 503 g/mol. The molecule has 2 aromatic rings. The summed E-state index contributed by atoms with van der Waals surface area (Å²) >= 11 is 12.3. The van der Waals surface area contributed by atoms with Gasteiger partial charge in [0.25, 0.3) is 11.8 Å². The molecule has 1 aliphatic heterocycles. The van der Waals surface area contributed by atoms with Crippen LogP contribution in [0.25, 0.3) is 0 Å². The van der Waals surface area contributed by atoms with Gasteiger partial charge in [0.1, 0.15) is 11.4 Å². The summed E-state index contributed by atoms with van der Waals surface area (Å²) in [6.07, 6.45) is 1.40. The first-order valence-electron chi connectivity index (χ1n) is 11.0. The summed E-state index contributed by atoms with van der Waals surface area (Å²) in [4.78, 5) is 43.0. The molecular weight excluding hydrogens is 477 g/mol. The molecule has 2 aromatic carbocycles. The van der Waals surface area contributed by atoms with Gasteiger partial charge in [-0.15, -0.1) is 0 Å². The third-order valence-electron chi connectivity index (χ3n) is 5.59. The minimum atomic E-state index is -0.974. The molecule has 0 spiro atoms. The van der Waals surface area contributed by atoms with Crippen molar-refractivity contribution in [3.8, 4) is 0 Å². The maximum Gasteiger partial charge on any atom is 0.305 e. The Kier molecular flexibility index (Phi) is 8.00. The van der Waals surface area contributed by atoms with Crippen LogP contribution in [0.15, 0.2) is 47.5 Å². The Morgan fingerprint density at radius 2 is 1.74 bits per heavy atom. The van der Waals surface area contributed by atoms with Crippen LogP contribution in [0.2, 0.25) is 10.0 Å². The van der Waals surface area contributed by atoms with Crippen molar-refractivity contribution in [3.63, 3.8) is 0 Å². The van der Waals surface area contributed by atoms with Gasteiger partial charge >= 0.3 is 5.97 Å². The molecule has 1 heterocycles. The van der Waals surface area contributed by atoms with E-state index in [1.807, 2.05) is 32.9 Å². The predicted octanol–water partition coefficient (Wildman–Crippen LogP) is 5.11. The molecule has 9 heteroatoms. The number of carboxylic acid groups (broad SMARTS) is 1. The van der Waals surface area contributed by atoms with Gasteiger partial charge in [0.2, 0.25) is 0 Å². The third kappa shape index (κ3) is 5.77. The molecule has 0 saturated carbocycles. The van der Waals surface area contributed by atoms with E-state index in [9.17, 15) is 14.4 Å². The van der Waals surface area contributed by atoms with Gasteiger partial charge in [0.05, 0.1) is 12.5 Å². The predicted molar refractivity (Wildman–Crippen MR) is 133 cm³/mol. The minimum Gasteiger partial charge on any atom is -0.481 e. The lowest BCUT2D eigenvalue weighted by molar-refractivity contribution is -0.136. The van der Waals surface area contributed by atoms with Crippen LogP contribution in [0.4, 0.5) is 0 Å². The molecule has 2 N–H and O–H groups in total. The summed E-state index contributed by atoms with van der Waals surface area (Å²) in [5.41, 5.74) is 1.38. The largest absolute Gasteiger partial charge is 0.481 e. The highest BCUT2D eigenvalue weighted by Gasteiger charge is 2.44. The summed E-state index contributed by atoms with van der Waals surface area (Å²) in [5.74, 6) is -1.53. The number of halogens is 2. The SMILES string of the molecule is CCC[C@H](c1ccc(C(=O)NCCC(=O)O)cc1)N1C(=O)C(c2cc(Cl)cc(Cl)c2)=NC1(C)C. The van der Waals surface area contributed by atoms with Gasteiger partial charge in [-0.2, -0.15) is 0 Å². The normalized spacial score (nSPS) is 15.7. The highest BCUT2D eigenvalue weighted by atomic mass is 35.5. The second-order valence-electron chi connectivity index (χ2n) is 8.61. The van der Waals surface area contributed by atoms with E-state index in [1.54, 1.807) is 35.2 Å². The van der Waals surface area contributed by atoms with E-state index in [0.29, 0.717) is 33.3 Å². The number of nitrogens with one attached hydrogen (secondary N) is 1. The van der Waals surface area contributed by atoms with Gasteiger partial charge in [-0.25, -0.2) is 0 Å². The molecule has 1 atom stereocenters. The first-order chi connectivity index (χ1) is 16.0. The number of amides is 2. The van der Waals surface area contributed by atoms with E-state index < -0.39 is 11.6 Å². The van der Waals surface area contributed by atoms with Crippen molar-refractivity contribution in [3.05, 3.63) is 69.2 Å². The van der Waals surface area contributed by atoms with Gasteiger partial charge in [-0.3, -0.25) is 19.4 Å². The topological polar surface area (TPSA) is 99.1 Å². The highest BCUT2D eigenvalue weighted by Crippen LogP contribution is 2.38. The van der Waals surface area contributed by atoms with E-state index in [0.717, 1.165) is 12.0 Å². The Bertz CT molecular complexity index is 1110. The lowest BCUT2D eigenvalue weighted by atomic mass is 9.96. The Labute approximate surface area is 208 Å². The summed E-state index contributed by atoms with van der Waals surface area (Å²) in [6, 6.07) is 11.7. The number of hydrogen-bond acceptors (Lipinski definition) is 4. The number of carboxylic acids is 1. The number of aliphatic carboxylic acids is 1. The van der Waals surface area contributed by atoms with E-state index in [2.05, 4.69) is 5.32 Å². The van der Waals surface area contributed by atoms with Crippen molar-refractivity contribution in [1.82, 2.24) is 10.2 Å². The second kappa shape index (κ2) is 10.6. The Hall–Kier alpha value is -2.90. The number of carbonyl (C=O) groups is 3. The summed E-state index contributed by atoms with van der Waals surface area (Å²) in [5, 5.41) is 12.2. The van der Waals surface area contributed by atoms with Crippen LogP contribution in [-0.4, -0.2) is 45.7 Å². The summed E-state index contributed by atoms with van der Waals surface area (Å²) < 4.78 is 0. The molecule has 2 amide bonds. The van der Waals surface area contributed by atoms with Crippen LogP contribution in [0.1, 0.15) is 67.6 Å². The molecule has 0 aromatic heterocycles. The fourth-order valence-electron chi connectivity index (χ4n) is 4.10. The van der Waals surface area contributed by atoms with Crippen molar-refractivity contribution in [1.29, 1.82) is 0 Å². The molecule has 7 nitrogen and oxygen atoms in total. The number of carbonyl (C=O) groups excluding carboxylic acids is 2. The first kappa shape index (κ1) is 25.7. The third-order valence-corrected chi connectivity index (χ3v) is 6.02. The maximum absolute atomic E-state index is 13.6. The van der Waals surface area contributed by atoms with E-state index in [1.165, 1.54) is 0 Å². The minimum absolute atomic E-state index is 0.0540. The molecule has 0 aliphatic carbocycles. The van der Waals surface area contributed by atoms with Crippen LogP contribution >= 0.6 is 23.2 Å². The summed E-state index contributed by atoms with van der Waals surface area (Å²) in [6.45, 7) is 5.87. The average molecular weight is 504 g/mol. The highest BCUT2D eigenvalue weighted by molar-refractivity contribution is 6.47. The van der Waals surface area contributed by atoms with E-state index in [-0.39, 0.29) is 30.8 Å². The molecule has 0 bridgehead atoms. The first-order valence-corrected chi connectivity index (χ1v) is 11.8. The van der Waals surface area contributed by atoms with Gasteiger partial charge in [0, 0.05) is 27.7 Å². The quantitative estimate of drug-likeness (QED) is 0.496. The van der Waals surface area contributed by atoms with Crippen molar-refractivity contribution in [2.45, 2.75) is 51.7 Å². The van der Waals surface area contributed by atoms with Crippen LogP contribution in [0.3, 0.4) is 0 Å². The Balaban J connectivity index is 1.86. The van der Waals surface area contributed by atoms with Crippen LogP contribution in [0, 0.1) is 0 Å². The molecular formula is C25H27Cl2N3O4. The number of rotatable bonds is 9. The maximum atomic E-state index is 13.6. The van der Waals surface area contributed by atoms with Crippen LogP contribution in [-0.2, 0) is 9.59 Å². The van der Waals surface area contributed by atoms with Crippen molar-refractivity contribution in [2.24, 2.45) is 4.99 Å². The smallest absolute Gasteiger partial charge is 0.305 e.